The van der Waals surface area contributed by atoms with E-state index in [4.69, 9.17) is 4.74 Å². The molecule has 5 nitrogen and oxygen atoms in total. The molecular weight excluding hydrogens is 292 g/mol. The molecule has 1 N–H and O–H groups in total. The van der Waals surface area contributed by atoms with E-state index in [9.17, 15) is 10.0 Å². The Morgan fingerprint density at radius 3 is 2.52 bits per heavy atom. The largest absolute Gasteiger partial charge is 0.438 e. The molecule has 4 rings (SSSR count). The Morgan fingerprint density at radius 1 is 1.09 bits per heavy atom. The van der Waals surface area contributed by atoms with Gasteiger partial charge in [0.2, 0.25) is 5.90 Å². The molecule has 2 heterocycles. The van der Waals surface area contributed by atoms with Crippen molar-refractivity contribution >= 4 is 16.8 Å². The summed E-state index contributed by atoms with van der Waals surface area (Å²) in [4.78, 5) is 12.9. The van der Waals surface area contributed by atoms with Gasteiger partial charge in [-0.15, -0.1) is 0 Å². The molecular formula is C18H14N2O3. The average molecular weight is 306 g/mol. The van der Waals surface area contributed by atoms with Crippen LogP contribution in [0.5, 0.6) is 5.75 Å². The smallest absolute Gasteiger partial charge is 0.258 e. The quantitative estimate of drug-likeness (QED) is 0.555. The topological polar surface area (TPSA) is 63.8 Å². The van der Waals surface area contributed by atoms with Crippen LogP contribution in [0.15, 0.2) is 64.5 Å². The minimum absolute atomic E-state index is 0.125. The van der Waals surface area contributed by atoms with Gasteiger partial charge in [0.1, 0.15) is 5.75 Å². The number of oxime groups is 1. The van der Waals surface area contributed by atoms with E-state index >= 15 is 0 Å². The molecule has 23 heavy (non-hydrogen) atoms. The minimum atomic E-state index is -0.500. The van der Waals surface area contributed by atoms with E-state index in [1.165, 1.54) is 0 Å². The number of hydrogen-bond donors (Lipinski definition) is 1. The Labute approximate surface area is 132 Å². The van der Waals surface area contributed by atoms with Gasteiger partial charge < -0.3 is 14.5 Å². The van der Waals surface area contributed by atoms with E-state index in [-0.39, 0.29) is 11.5 Å². The van der Waals surface area contributed by atoms with Crippen molar-refractivity contribution in [1.29, 1.82) is 0 Å². The highest BCUT2D eigenvalue weighted by Crippen LogP contribution is 2.41. The molecule has 1 aliphatic heterocycles. The SMILES string of the molecule is Cn1c(=O)c2c(c3ccccc31)O/C(=N/O)C2c1ccccc1. The van der Waals surface area contributed by atoms with Crippen LogP contribution < -0.4 is 10.3 Å². The van der Waals surface area contributed by atoms with Crippen LogP contribution in [0.3, 0.4) is 0 Å². The fourth-order valence-electron chi connectivity index (χ4n) is 3.17. The van der Waals surface area contributed by atoms with Crippen molar-refractivity contribution in [3.63, 3.8) is 0 Å². The summed E-state index contributed by atoms with van der Waals surface area (Å²) in [5.41, 5.74) is 1.99. The van der Waals surface area contributed by atoms with E-state index in [2.05, 4.69) is 5.16 Å². The average Bonchev–Trinajstić information content (AvgIpc) is 3.00. The zero-order chi connectivity index (χ0) is 16.0. The fraction of sp³-hybridized carbons (Fsp3) is 0.111. The molecule has 0 saturated heterocycles. The highest BCUT2D eigenvalue weighted by atomic mass is 16.5. The molecule has 1 atom stereocenters. The highest BCUT2D eigenvalue weighted by Gasteiger charge is 2.38. The van der Waals surface area contributed by atoms with E-state index in [0.29, 0.717) is 11.3 Å². The van der Waals surface area contributed by atoms with Gasteiger partial charge in [-0.1, -0.05) is 47.6 Å². The summed E-state index contributed by atoms with van der Waals surface area (Å²) in [6.45, 7) is 0. The van der Waals surface area contributed by atoms with E-state index in [0.717, 1.165) is 16.5 Å². The number of aryl methyl sites for hydroxylation is 1. The second-order valence-corrected chi connectivity index (χ2v) is 5.51. The molecule has 0 spiro atoms. The Kier molecular flexibility index (Phi) is 2.94. The second kappa shape index (κ2) is 4.98. The fourth-order valence-corrected chi connectivity index (χ4v) is 3.17. The first kappa shape index (κ1) is 13.6. The number of para-hydroxylation sites is 1. The van der Waals surface area contributed by atoms with Gasteiger partial charge in [-0.05, 0) is 17.7 Å². The van der Waals surface area contributed by atoms with Crippen LogP contribution in [0.4, 0.5) is 0 Å². The predicted molar refractivity (Wildman–Crippen MR) is 87.3 cm³/mol. The first-order valence-corrected chi connectivity index (χ1v) is 7.28. The van der Waals surface area contributed by atoms with Crippen molar-refractivity contribution in [3.8, 4) is 5.75 Å². The number of benzene rings is 2. The first-order chi connectivity index (χ1) is 11.2. The van der Waals surface area contributed by atoms with Crippen molar-refractivity contribution in [1.82, 2.24) is 4.57 Å². The monoisotopic (exact) mass is 306 g/mol. The van der Waals surface area contributed by atoms with Crippen LogP contribution in [0.2, 0.25) is 0 Å². The third-order valence-corrected chi connectivity index (χ3v) is 4.26. The molecule has 0 saturated carbocycles. The molecule has 0 fully saturated rings. The van der Waals surface area contributed by atoms with Crippen LogP contribution in [-0.4, -0.2) is 15.7 Å². The number of ether oxygens (including phenoxy) is 1. The van der Waals surface area contributed by atoms with E-state index in [1.807, 2.05) is 54.6 Å². The third kappa shape index (κ3) is 1.86. The lowest BCUT2D eigenvalue weighted by molar-refractivity contribution is 0.303. The molecule has 114 valence electrons. The molecule has 0 amide bonds. The molecule has 0 radical (unpaired) electrons. The lowest BCUT2D eigenvalue weighted by Crippen LogP contribution is -2.23. The van der Waals surface area contributed by atoms with Gasteiger partial charge in [-0.3, -0.25) is 4.79 Å². The molecule has 1 aromatic heterocycles. The maximum atomic E-state index is 12.9. The molecule has 2 aromatic carbocycles. The summed E-state index contributed by atoms with van der Waals surface area (Å²) in [6.07, 6.45) is 0. The summed E-state index contributed by atoms with van der Waals surface area (Å²) >= 11 is 0. The number of hydrogen-bond acceptors (Lipinski definition) is 4. The van der Waals surface area contributed by atoms with Crippen LogP contribution >= 0.6 is 0 Å². The van der Waals surface area contributed by atoms with Gasteiger partial charge in [0, 0.05) is 12.4 Å². The van der Waals surface area contributed by atoms with Crippen LogP contribution in [0.25, 0.3) is 10.9 Å². The van der Waals surface area contributed by atoms with E-state index < -0.39 is 5.92 Å². The summed E-state index contributed by atoms with van der Waals surface area (Å²) in [5.74, 6) is 0.101. The standard InChI is InChI=1S/C18H14N2O3/c1-20-13-10-6-5-9-12(13)16-15(18(20)21)14(17(19-22)23-16)11-7-3-2-4-8-11/h2-10,14,22H,1H3/b19-17+. The first-order valence-electron chi connectivity index (χ1n) is 7.28. The molecule has 3 aromatic rings. The maximum absolute atomic E-state index is 12.9. The summed E-state index contributed by atoms with van der Waals surface area (Å²) in [6, 6.07) is 17.0. The zero-order valence-corrected chi connectivity index (χ0v) is 12.4. The molecule has 0 aliphatic carbocycles. The Morgan fingerprint density at radius 2 is 1.78 bits per heavy atom. The summed E-state index contributed by atoms with van der Waals surface area (Å²) in [7, 11) is 1.74. The van der Waals surface area contributed by atoms with Gasteiger partial charge in [0.05, 0.1) is 17.0 Å². The van der Waals surface area contributed by atoms with Crippen molar-refractivity contribution in [2.24, 2.45) is 12.2 Å². The number of rotatable bonds is 1. The normalized spacial score (nSPS) is 18.1. The van der Waals surface area contributed by atoms with Crippen LogP contribution in [0.1, 0.15) is 17.0 Å². The van der Waals surface area contributed by atoms with Crippen molar-refractivity contribution in [3.05, 3.63) is 76.1 Å². The minimum Gasteiger partial charge on any atom is -0.438 e. The number of aromatic nitrogens is 1. The maximum Gasteiger partial charge on any atom is 0.258 e. The van der Waals surface area contributed by atoms with Crippen LogP contribution in [-0.2, 0) is 7.05 Å². The Balaban J connectivity index is 2.10. The van der Waals surface area contributed by atoms with Gasteiger partial charge in [-0.2, -0.15) is 0 Å². The Hall–Kier alpha value is -3.08. The van der Waals surface area contributed by atoms with Crippen molar-refractivity contribution in [2.45, 2.75) is 5.92 Å². The summed E-state index contributed by atoms with van der Waals surface area (Å²) in [5, 5.41) is 13.5. The van der Waals surface area contributed by atoms with Gasteiger partial charge in [0.15, 0.2) is 0 Å². The summed E-state index contributed by atoms with van der Waals surface area (Å²) < 4.78 is 7.36. The van der Waals surface area contributed by atoms with Gasteiger partial charge in [-0.25, -0.2) is 0 Å². The van der Waals surface area contributed by atoms with Gasteiger partial charge >= 0.3 is 0 Å². The molecule has 1 unspecified atom stereocenters. The molecule has 5 heteroatoms. The van der Waals surface area contributed by atoms with Crippen molar-refractivity contribution in [2.75, 3.05) is 0 Å². The van der Waals surface area contributed by atoms with Crippen LogP contribution in [0, 0.1) is 0 Å². The second-order valence-electron chi connectivity index (χ2n) is 5.51. The lowest BCUT2D eigenvalue weighted by Gasteiger charge is -2.11. The van der Waals surface area contributed by atoms with Gasteiger partial charge in [0.25, 0.3) is 5.56 Å². The number of pyridine rings is 1. The molecule has 1 aliphatic rings. The number of fused-ring (bicyclic) bond motifs is 3. The van der Waals surface area contributed by atoms with E-state index in [1.54, 1.807) is 11.6 Å². The predicted octanol–water partition coefficient (Wildman–Crippen LogP) is 2.85. The third-order valence-electron chi connectivity index (χ3n) is 4.26. The Bertz CT molecular complexity index is 990. The highest BCUT2D eigenvalue weighted by molar-refractivity contribution is 6.00. The zero-order valence-electron chi connectivity index (χ0n) is 12.4. The lowest BCUT2D eigenvalue weighted by atomic mass is 9.92. The molecule has 0 bridgehead atoms. The van der Waals surface area contributed by atoms with Crippen molar-refractivity contribution < 1.29 is 9.94 Å². The number of nitrogens with zero attached hydrogens (tertiary/aromatic N) is 2.